The molecule has 1 aromatic carbocycles. The summed E-state index contributed by atoms with van der Waals surface area (Å²) < 4.78 is 5.35. The molecular formula is C18H25NO3. The first kappa shape index (κ1) is 16.6. The van der Waals surface area contributed by atoms with Crippen LogP contribution < -0.4 is 10.1 Å². The number of benzene rings is 1. The van der Waals surface area contributed by atoms with Crippen molar-refractivity contribution >= 4 is 5.91 Å². The SMILES string of the molecule is COc1ccccc1CC(C)CC(=O)N[C@@H]1C=C[C@H](CO)C1. The number of rotatable bonds is 7. The molecule has 1 aliphatic rings. The van der Waals surface area contributed by atoms with Crippen LogP contribution >= 0.6 is 0 Å². The van der Waals surface area contributed by atoms with E-state index in [0.717, 1.165) is 24.2 Å². The Bertz CT molecular complexity index is 527. The van der Waals surface area contributed by atoms with Crippen LogP contribution in [0, 0.1) is 11.8 Å². The Morgan fingerprint density at radius 2 is 2.18 bits per heavy atom. The Morgan fingerprint density at radius 1 is 1.41 bits per heavy atom. The van der Waals surface area contributed by atoms with Crippen LogP contribution in [0.5, 0.6) is 5.75 Å². The number of carbonyl (C=O) groups is 1. The second kappa shape index (κ2) is 7.99. The van der Waals surface area contributed by atoms with Gasteiger partial charge in [-0.25, -0.2) is 0 Å². The van der Waals surface area contributed by atoms with Crippen LogP contribution in [0.15, 0.2) is 36.4 Å². The molecule has 120 valence electrons. The number of aliphatic hydroxyl groups is 1. The normalized spacial score (nSPS) is 21.6. The molecule has 1 aromatic rings. The molecule has 1 unspecified atom stereocenters. The molecule has 2 rings (SSSR count). The van der Waals surface area contributed by atoms with E-state index >= 15 is 0 Å². The summed E-state index contributed by atoms with van der Waals surface area (Å²) in [7, 11) is 1.67. The third-order valence-electron chi connectivity index (χ3n) is 4.05. The predicted octanol–water partition coefficient (Wildman–Crippen LogP) is 2.32. The van der Waals surface area contributed by atoms with Crippen molar-refractivity contribution in [3.05, 3.63) is 42.0 Å². The molecule has 0 bridgehead atoms. The lowest BCUT2D eigenvalue weighted by atomic mass is 9.97. The van der Waals surface area contributed by atoms with Gasteiger partial charge in [-0.1, -0.05) is 37.3 Å². The van der Waals surface area contributed by atoms with Crippen molar-refractivity contribution in [2.24, 2.45) is 11.8 Å². The highest BCUT2D eigenvalue weighted by molar-refractivity contribution is 5.76. The number of hydrogen-bond donors (Lipinski definition) is 2. The van der Waals surface area contributed by atoms with Crippen molar-refractivity contribution in [1.29, 1.82) is 0 Å². The number of methoxy groups -OCH3 is 1. The summed E-state index contributed by atoms with van der Waals surface area (Å²) >= 11 is 0. The highest BCUT2D eigenvalue weighted by Crippen LogP contribution is 2.22. The molecule has 0 heterocycles. The Balaban J connectivity index is 1.80. The first-order valence-corrected chi connectivity index (χ1v) is 7.82. The number of carbonyl (C=O) groups excluding carboxylic acids is 1. The van der Waals surface area contributed by atoms with E-state index in [1.165, 1.54) is 0 Å². The maximum Gasteiger partial charge on any atom is 0.220 e. The van der Waals surface area contributed by atoms with E-state index in [-0.39, 0.29) is 30.4 Å². The van der Waals surface area contributed by atoms with Gasteiger partial charge in [0, 0.05) is 25.0 Å². The first-order valence-electron chi connectivity index (χ1n) is 7.82. The third-order valence-corrected chi connectivity index (χ3v) is 4.05. The second-order valence-corrected chi connectivity index (χ2v) is 6.06. The maximum atomic E-state index is 12.1. The molecule has 0 fully saturated rings. The molecule has 0 saturated heterocycles. The van der Waals surface area contributed by atoms with Gasteiger partial charge in [0.15, 0.2) is 0 Å². The highest BCUT2D eigenvalue weighted by atomic mass is 16.5. The lowest BCUT2D eigenvalue weighted by Gasteiger charge is -2.16. The van der Waals surface area contributed by atoms with E-state index in [0.29, 0.717) is 6.42 Å². The van der Waals surface area contributed by atoms with Crippen LogP contribution in [-0.4, -0.2) is 30.8 Å². The quantitative estimate of drug-likeness (QED) is 0.760. The minimum atomic E-state index is 0.0584. The molecule has 22 heavy (non-hydrogen) atoms. The third kappa shape index (κ3) is 4.60. The summed E-state index contributed by atoms with van der Waals surface area (Å²) in [6.45, 7) is 2.22. The number of hydrogen-bond acceptors (Lipinski definition) is 3. The van der Waals surface area contributed by atoms with Gasteiger partial charge in [-0.05, 0) is 30.4 Å². The Morgan fingerprint density at radius 3 is 2.86 bits per heavy atom. The van der Waals surface area contributed by atoms with Gasteiger partial charge < -0.3 is 15.2 Å². The van der Waals surface area contributed by atoms with Gasteiger partial charge in [-0.3, -0.25) is 4.79 Å². The summed E-state index contributed by atoms with van der Waals surface area (Å²) in [6.07, 6.45) is 6.05. The summed E-state index contributed by atoms with van der Waals surface area (Å²) in [6, 6.07) is 7.98. The molecule has 4 heteroatoms. The summed E-state index contributed by atoms with van der Waals surface area (Å²) in [5.74, 6) is 1.36. The minimum Gasteiger partial charge on any atom is -0.496 e. The van der Waals surface area contributed by atoms with Crippen molar-refractivity contribution in [2.75, 3.05) is 13.7 Å². The molecule has 0 saturated carbocycles. The average molecular weight is 303 g/mol. The average Bonchev–Trinajstić information content (AvgIpc) is 2.95. The monoisotopic (exact) mass is 303 g/mol. The molecule has 2 N–H and O–H groups in total. The molecule has 0 aromatic heterocycles. The first-order chi connectivity index (χ1) is 10.6. The van der Waals surface area contributed by atoms with Gasteiger partial charge in [0.05, 0.1) is 7.11 Å². The number of amides is 1. The van der Waals surface area contributed by atoms with Crippen LogP contribution in [0.3, 0.4) is 0 Å². The topological polar surface area (TPSA) is 58.6 Å². The zero-order chi connectivity index (χ0) is 15.9. The van der Waals surface area contributed by atoms with Gasteiger partial charge in [-0.2, -0.15) is 0 Å². The predicted molar refractivity (Wildman–Crippen MR) is 86.7 cm³/mol. The van der Waals surface area contributed by atoms with Gasteiger partial charge in [0.1, 0.15) is 5.75 Å². The number of nitrogens with one attached hydrogen (secondary N) is 1. The van der Waals surface area contributed by atoms with Gasteiger partial charge >= 0.3 is 0 Å². The Labute approximate surface area is 132 Å². The number of para-hydroxylation sites is 1. The highest BCUT2D eigenvalue weighted by Gasteiger charge is 2.20. The maximum absolute atomic E-state index is 12.1. The Kier molecular flexibility index (Phi) is 6.01. The van der Waals surface area contributed by atoms with E-state index in [1.807, 2.05) is 36.4 Å². The van der Waals surface area contributed by atoms with E-state index < -0.39 is 0 Å². The van der Waals surface area contributed by atoms with Crippen LogP contribution in [0.2, 0.25) is 0 Å². The van der Waals surface area contributed by atoms with Crippen molar-refractivity contribution in [3.63, 3.8) is 0 Å². The fourth-order valence-corrected chi connectivity index (χ4v) is 2.92. The van der Waals surface area contributed by atoms with Crippen molar-refractivity contribution in [3.8, 4) is 5.75 Å². The molecule has 0 radical (unpaired) electrons. The largest absolute Gasteiger partial charge is 0.496 e. The van der Waals surface area contributed by atoms with Crippen LogP contribution in [0.25, 0.3) is 0 Å². The van der Waals surface area contributed by atoms with Crippen molar-refractivity contribution in [2.45, 2.75) is 32.2 Å². The van der Waals surface area contributed by atoms with Crippen molar-refractivity contribution < 1.29 is 14.6 Å². The van der Waals surface area contributed by atoms with E-state index in [4.69, 9.17) is 9.84 Å². The summed E-state index contributed by atoms with van der Waals surface area (Å²) in [5.41, 5.74) is 1.13. The van der Waals surface area contributed by atoms with E-state index in [9.17, 15) is 4.79 Å². The van der Waals surface area contributed by atoms with E-state index in [2.05, 4.69) is 12.2 Å². The second-order valence-electron chi connectivity index (χ2n) is 6.06. The lowest BCUT2D eigenvalue weighted by molar-refractivity contribution is -0.122. The molecule has 0 aliphatic heterocycles. The fraction of sp³-hybridized carbons (Fsp3) is 0.500. The van der Waals surface area contributed by atoms with Gasteiger partial charge in [0.25, 0.3) is 0 Å². The van der Waals surface area contributed by atoms with Crippen LogP contribution in [-0.2, 0) is 11.2 Å². The molecule has 3 atom stereocenters. The zero-order valence-electron chi connectivity index (χ0n) is 13.3. The zero-order valence-corrected chi connectivity index (χ0v) is 13.3. The minimum absolute atomic E-state index is 0.0584. The van der Waals surface area contributed by atoms with Gasteiger partial charge in [0.2, 0.25) is 5.91 Å². The van der Waals surface area contributed by atoms with Gasteiger partial charge in [-0.15, -0.1) is 0 Å². The molecular weight excluding hydrogens is 278 g/mol. The molecule has 4 nitrogen and oxygen atoms in total. The smallest absolute Gasteiger partial charge is 0.220 e. The molecule has 0 spiro atoms. The van der Waals surface area contributed by atoms with E-state index in [1.54, 1.807) is 7.11 Å². The number of aliphatic hydroxyl groups excluding tert-OH is 1. The standard InChI is InChI=1S/C18H25NO3/c1-13(9-15-5-3-4-6-17(15)22-2)10-18(21)19-16-8-7-14(11-16)12-20/h3-8,13-14,16,20H,9-12H2,1-2H3,(H,19,21)/t13?,14-,16+/m0/s1. The molecule has 1 amide bonds. The lowest BCUT2D eigenvalue weighted by Crippen LogP contribution is -2.34. The summed E-state index contributed by atoms with van der Waals surface area (Å²) in [4.78, 5) is 12.1. The fourth-order valence-electron chi connectivity index (χ4n) is 2.92. The van der Waals surface area contributed by atoms with Crippen molar-refractivity contribution in [1.82, 2.24) is 5.32 Å². The number of ether oxygens (including phenoxy) is 1. The summed E-state index contributed by atoms with van der Waals surface area (Å²) in [5, 5.41) is 12.1. The molecule has 1 aliphatic carbocycles. The Hall–Kier alpha value is -1.81. The van der Waals surface area contributed by atoms with Crippen LogP contribution in [0.1, 0.15) is 25.3 Å². The van der Waals surface area contributed by atoms with Crippen LogP contribution in [0.4, 0.5) is 0 Å².